The zero-order chi connectivity index (χ0) is 16.2. The Bertz CT molecular complexity index is 500. The number of ether oxygens (including phenoxy) is 2. The predicted molar refractivity (Wildman–Crippen MR) is 89.6 cm³/mol. The summed E-state index contributed by atoms with van der Waals surface area (Å²) in [6.07, 6.45) is 7.65. The molecule has 0 N–H and O–H groups in total. The molecular weight excluding hydrogens is 291 g/mol. The second kappa shape index (κ2) is 7.76. The lowest BCUT2D eigenvalue weighted by molar-refractivity contribution is -0.206. The van der Waals surface area contributed by atoms with Crippen molar-refractivity contribution in [3.8, 4) is 0 Å². The van der Waals surface area contributed by atoms with Gasteiger partial charge in [-0.1, -0.05) is 51.2 Å². The van der Waals surface area contributed by atoms with Crippen LogP contribution in [0.3, 0.4) is 0 Å². The third-order valence-corrected chi connectivity index (χ3v) is 5.55. The topological polar surface area (TPSA) is 18.5 Å². The van der Waals surface area contributed by atoms with E-state index in [-0.39, 0.29) is 5.82 Å². The quantitative estimate of drug-likeness (QED) is 0.739. The summed E-state index contributed by atoms with van der Waals surface area (Å²) in [6, 6.07) is 5.21. The van der Waals surface area contributed by atoms with E-state index in [1.165, 1.54) is 44.6 Å². The number of benzene rings is 1. The van der Waals surface area contributed by atoms with Crippen molar-refractivity contribution in [2.24, 2.45) is 17.8 Å². The molecule has 1 aromatic carbocycles. The lowest BCUT2D eigenvalue weighted by atomic mass is 9.80. The van der Waals surface area contributed by atoms with Crippen molar-refractivity contribution in [1.29, 1.82) is 0 Å². The Morgan fingerprint density at radius 1 is 1.00 bits per heavy atom. The molecule has 0 unspecified atom stereocenters. The van der Waals surface area contributed by atoms with Crippen molar-refractivity contribution in [2.45, 2.75) is 58.7 Å². The Morgan fingerprint density at radius 2 is 1.65 bits per heavy atom. The number of hydrogen-bond acceptors (Lipinski definition) is 2. The average molecular weight is 320 g/mol. The normalized spacial score (nSPS) is 32.0. The van der Waals surface area contributed by atoms with E-state index in [2.05, 4.69) is 6.92 Å². The van der Waals surface area contributed by atoms with E-state index in [1.54, 1.807) is 13.0 Å². The van der Waals surface area contributed by atoms with Crippen LogP contribution in [-0.2, 0) is 9.47 Å². The van der Waals surface area contributed by atoms with Crippen molar-refractivity contribution in [1.82, 2.24) is 0 Å². The van der Waals surface area contributed by atoms with Crippen LogP contribution >= 0.6 is 0 Å². The monoisotopic (exact) mass is 320 g/mol. The molecule has 0 spiro atoms. The summed E-state index contributed by atoms with van der Waals surface area (Å²) < 4.78 is 25.3. The fraction of sp³-hybridized carbons (Fsp3) is 0.700. The predicted octanol–water partition coefficient (Wildman–Crippen LogP) is 5.40. The van der Waals surface area contributed by atoms with Gasteiger partial charge in [-0.2, -0.15) is 0 Å². The Labute approximate surface area is 139 Å². The highest BCUT2D eigenvalue weighted by Gasteiger charge is 2.25. The molecule has 1 aliphatic carbocycles. The Balaban J connectivity index is 1.42. The number of rotatable bonds is 4. The molecule has 1 aliphatic heterocycles. The Morgan fingerprint density at radius 3 is 2.30 bits per heavy atom. The lowest BCUT2D eigenvalue weighted by Gasteiger charge is -2.32. The summed E-state index contributed by atoms with van der Waals surface area (Å²) in [7, 11) is 0. The van der Waals surface area contributed by atoms with Gasteiger partial charge in [0.2, 0.25) is 0 Å². The van der Waals surface area contributed by atoms with Crippen LogP contribution in [0.2, 0.25) is 0 Å². The minimum atomic E-state index is -0.406. The maximum absolute atomic E-state index is 13.7. The number of hydrogen-bond donors (Lipinski definition) is 0. The van der Waals surface area contributed by atoms with Gasteiger partial charge < -0.3 is 9.47 Å². The molecule has 1 saturated carbocycles. The van der Waals surface area contributed by atoms with Crippen LogP contribution in [-0.4, -0.2) is 13.2 Å². The largest absolute Gasteiger partial charge is 0.348 e. The first-order chi connectivity index (χ1) is 11.1. The second-order valence-corrected chi connectivity index (χ2v) is 7.58. The minimum absolute atomic E-state index is 0.191. The standard InChI is InChI=1S/C20H29FO2/c1-14-3-6-16(7-4-14)8-9-17-12-22-20(23-13-17)18-10-5-15(2)19(21)11-18/h5,10-11,14,16-17,20H,3-4,6-9,12-13H2,1-2H3. The van der Waals surface area contributed by atoms with E-state index in [9.17, 15) is 4.39 Å². The molecule has 3 heteroatoms. The SMILES string of the molecule is Cc1ccc(C2OCC(CCC3CCC(C)CC3)CO2)cc1F. The molecule has 3 rings (SSSR count). The van der Waals surface area contributed by atoms with Gasteiger partial charge in [-0.15, -0.1) is 0 Å². The fourth-order valence-corrected chi connectivity index (χ4v) is 3.75. The van der Waals surface area contributed by atoms with Gasteiger partial charge in [0.05, 0.1) is 13.2 Å². The molecule has 0 radical (unpaired) electrons. The van der Waals surface area contributed by atoms with Crippen LogP contribution in [0.5, 0.6) is 0 Å². The number of halogens is 1. The Kier molecular flexibility index (Phi) is 5.71. The molecule has 0 amide bonds. The zero-order valence-electron chi connectivity index (χ0n) is 14.4. The third kappa shape index (κ3) is 4.54. The van der Waals surface area contributed by atoms with Crippen molar-refractivity contribution >= 4 is 0 Å². The first-order valence-corrected chi connectivity index (χ1v) is 9.11. The van der Waals surface area contributed by atoms with Gasteiger partial charge in [-0.3, -0.25) is 0 Å². The van der Waals surface area contributed by atoms with Gasteiger partial charge in [0.1, 0.15) is 5.82 Å². The van der Waals surface area contributed by atoms with E-state index < -0.39 is 6.29 Å². The summed E-state index contributed by atoms with van der Waals surface area (Å²) in [4.78, 5) is 0. The highest BCUT2D eigenvalue weighted by atomic mass is 19.1. The van der Waals surface area contributed by atoms with E-state index in [1.807, 2.05) is 6.07 Å². The maximum atomic E-state index is 13.7. The first kappa shape index (κ1) is 16.9. The first-order valence-electron chi connectivity index (χ1n) is 9.11. The maximum Gasteiger partial charge on any atom is 0.183 e. The molecule has 0 atom stereocenters. The summed E-state index contributed by atoms with van der Waals surface area (Å²) >= 11 is 0. The van der Waals surface area contributed by atoms with Crippen LogP contribution < -0.4 is 0 Å². The molecule has 128 valence electrons. The summed E-state index contributed by atoms with van der Waals surface area (Å²) in [5.41, 5.74) is 1.44. The van der Waals surface area contributed by atoms with Crippen LogP contribution in [0.4, 0.5) is 4.39 Å². The van der Waals surface area contributed by atoms with Gasteiger partial charge in [-0.05, 0) is 36.8 Å². The lowest BCUT2D eigenvalue weighted by Crippen LogP contribution is -2.28. The van der Waals surface area contributed by atoms with Crippen LogP contribution in [0.15, 0.2) is 18.2 Å². The van der Waals surface area contributed by atoms with Crippen molar-refractivity contribution in [2.75, 3.05) is 13.2 Å². The number of aryl methyl sites for hydroxylation is 1. The van der Waals surface area contributed by atoms with E-state index in [4.69, 9.17) is 9.47 Å². The molecule has 1 saturated heterocycles. The Hall–Kier alpha value is -0.930. The highest BCUT2D eigenvalue weighted by molar-refractivity contribution is 5.24. The van der Waals surface area contributed by atoms with E-state index >= 15 is 0 Å². The summed E-state index contributed by atoms with van der Waals surface area (Å²) in [6.45, 7) is 5.59. The average Bonchev–Trinajstić information content (AvgIpc) is 2.57. The smallest absolute Gasteiger partial charge is 0.183 e. The van der Waals surface area contributed by atoms with Crippen LogP contribution in [0, 0.1) is 30.5 Å². The van der Waals surface area contributed by atoms with Gasteiger partial charge >= 0.3 is 0 Å². The van der Waals surface area contributed by atoms with Crippen LogP contribution in [0.1, 0.15) is 62.9 Å². The summed E-state index contributed by atoms with van der Waals surface area (Å²) in [5, 5.41) is 0. The van der Waals surface area contributed by atoms with E-state index in [0.29, 0.717) is 11.5 Å². The molecule has 1 aromatic rings. The molecule has 2 aliphatic rings. The van der Waals surface area contributed by atoms with E-state index in [0.717, 1.165) is 30.6 Å². The third-order valence-electron chi connectivity index (χ3n) is 5.55. The molecule has 23 heavy (non-hydrogen) atoms. The zero-order valence-corrected chi connectivity index (χ0v) is 14.4. The van der Waals surface area contributed by atoms with Gasteiger partial charge in [0.25, 0.3) is 0 Å². The molecular formula is C20H29FO2. The molecule has 2 nitrogen and oxygen atoms in total. The molecule has 0 bridgehead atoms. The molecule has 2 fully saturated rings. The van der Waals surface area contributed by atoms with Gasteiger partial charge in [0, 0.05) is 11.5 Å². The highest BCUT2D eigenvalue weighted by Crippen LogP contribution is 2.33. The molecule has 1 heterocycles. The van der Waals surface area contributed by atoms with Crippen molar-refractivity contribution < 1.29 is 13.9 Å². The molecule has 0 aromatic heterocycles. The van der Waals surface area contributed by atoms with Gasteiger partial charge in [0.15, 0.2) is 6.29 Å². The van der Waals surface area contributed by atoms with Gasteiger partial charge in [-0.25, -0.2) is 4.39 Å². The van der Waals surface area contributed by atoms with Crippen molar-refractivity contribution in [3.05, 3.63) is 35.1 Å². The fourth-order valence-electron chi connectivity index (χ4n) is 3.75. The minimum Gasteiger partial charge on any atom is -0.348 e. The summed E-state index contributed by atoms with van der Waals surface area (Å²) in [5.74, 6) is 2.11. The van der Waals surface area contributed by atoms with Crippen molar-refractivity contribution in [3.63, 3.8) is 0 Å². The second-order valence-electron chi connectivity index (χ2n) is 7.58. The van der Waals surface area contributed by atoms with Crippen LogP contribution in [0.25, 0.3) is 0 Å².